The van der Waals surface area contributed by atoms with Gasteiger partial charge in [0.1, 0.15) is 0 Å². The molecule has 0 bridgehead atoms. The highest BCUT2D eigenvalue weighted by Gasteiger charge is 2.37. The third kappa shape index (κ3) is 2.58. The molecule has 0 radical (unpaired) electrons. The summed E-state index contributed by atoms with van der Waals surface area (Å²) in [6.45, 7) is 2.73. The molecule has 2 N–H and O–H groups in total. The molecular weight excluding hydrogens is 236 g/mol. The normalized spacial score (nSPS) is 16.1. The molecule has 1 aliphatic rings. The molecule has 1 fully saturated rings. The van der Waals surface area contributed by atoms with Crippen molar-refractivity contribution in [1.82, 2.24) is 0 Å². The molecule has 2 rings (SSSR count). The van der Waals surface area contributed by atoms with Crippen LogP contribution in [0.4, 0.5) is 11.4 Å². The minimum absolute atomic E-state index is 0.0600. The third-order valence-corrected chi connectivity index (χ3v) is 3.25. The van der Waals surface area contributed by atoms with Gasteiger partial charge in [0.2, 0.25) is 0 Å². The van der Waals surface area contributed by atoms with Gasteiger partial charge < -0.3 is 10.4 Å². The Bertz CT molecular complexity index is 509. The fraction of sp³-hybridized carbons (Fsp3) is 0.417. The van der Waals surface area contributed by atoms with Crippen LogP contribution in [0.15, 0.2) is 18.2 Å². The van der Waals surface area contributed by atoms with E-state index in [2.05, 4.69) is 12.2 Å². The van der Waals surface area contributed by atoms with Crippen molar-refractivity contribution in [3.8, 4) is 0 Å². The van der Waals surface area contributed by atoms with Gasteiger partial charge in [0.15, 0.2) is 0 Å². The summed E-state index contributed by atoms with van der Waals surface area (Å²) in [5.41, 5.74) is 0.457. The first kappa shape index (κ1) is 12.3. The van der Waals surface area contributed by atoms with E-state index in [1.54, 1.807) is 0 Å². The Morgan fingerprint density at radius 2 is 2.22 bits per heavy atom. The monoisotopic (exact) mass is 250 g/mol. The van der Waals surface area contributed by atoms with Gasteiger partial charge in [-0.15, -0.1) is 0 Å². The largest absolute Gasteiger partial charge is 0.478 e. The highest BCUT2D eigenvalue weighted by molar-refractivity contribution is 5.94. The van der Waals surface area contributed by atoms with E-state index in [0.717, 1.165) is 12.8 Å². The summed E-state index contributed by atoms with van der Waals surface area (Å²) in [6, 6.07) is 3.74. The highest BCUT2D eigenvalue weighted by atomic mass is 16.6. The van der Waals surface area contributed by atoms with Crippen LogP contribution in [0.3, 0.4) is 0 Å². The second kappa shape index (κ2) is 4.29. The number of carbonyl (C=O) groups is 1. The number of nitrogens with zero attached hydrogens (tertiary/aromatic N) is 1. The van der Waals surface area contributed by atoms with Crippen molar-refractivity contribution >= 4 is 17.3 Å². The van der Waals surface area contributed by atoms with E-state index in [1.807, 2.05) is 0 Å². The molecule has 96 valence electrons. The Labute approximate surface area is 104 Å². The maximum absolute atomic E-state index is 11.0. The molecule has 0 heterocycles. The number of carboxylic acid groups (broad SMARTS) is 1. The number of hydrogen-bond donors (Lipinski definition) is 2. The number of anilines is 1. The molecule has 18 heavy (non-hydrogen) atoms. The van der Waals surface area contributed by atoms with Gasteiger partial charge in [0.05, 0.1) is 16.2 Å². The van der Waals surface area contributed by atoms with Gasteiger partial charge >= 0.3 is 5.97 Å². The molecule has 0 saturated heterocycles. The van der Waals surface area contributed by atoms with Gasteiger partial charge in [-0.25, -0.2) is 4.79 Å². The van der Waals surface area contributed by atoms with Crippen LogP contribution in [-0.2, 0) is 0 Å². The van der Waals surface area contributed by atoms with E-state index in [0.29, 0.717) is 12.2 Å². The standard InChI is InChI=1S/C12H14N2O4/c1-12(4-5-12)7-13-10-6-8(14(17)18)2-3-9(10)11(15)16/h2-3,6,13H,4-5,7H2,1H3,(H,15,16). The van der Waals surface area contributed by atoms with Crippen LogP contribution in [0.2, 0.25) is 0 Å². The molecule has 1 aromatic rings. The third-order valence-electron chi connectivity index (χ3n) is 3.25. The molecule has 0 aromatic heterocycles. The summed E-state index contributed by atoms with van der Waals surface area (Å²) in [6.07, 6.45) is 2.19. The van der Waals surface area contributed by atoms with Crippen LogP contribution in [0.5, 0.6) is 0 Å². The average Bonchev–Trinajstić information content (AvgIpc) is 3.04. The minimum atomic E-state index is -1.09. The van der Waals surface area contributed by atoms with Gasteiger partial charge in [-0.2, -0.15) is 0 Å². The number of benzene rings is 1. The fourth-order valence-electron chi connectivity index (χ4n) is 1.68. The Morgan fingerprint density at radius 3 is 2.72 bits per heavy atom. The van der Waals surface area contributed by atoms with Crippen LogP contribution in [-0.4, -0.2) is 22.5 Å². The van der Waals surface area contributed by atoms with Crippen LogP contribution in [0.1, 0.15) is 30.1 Å². The van der Waals surface area contributed by atoms with Crippen molar-refractivity contribution in [3.05, 3.63) is 33.9 Å². The predicted molar refractivity (Wildman–Crippen MR) is 65.9 cm³/mol. The number of aromatic carboxylic acids is 1. The highest BCUT2D eigenvalue weighted by Crippen LogP contribution is 2.45. The van der Waals surface area contributed by atoms with E-state index in [9.17, 15) is 14.9 Å². The maximum atomic E-state index is 11.0. The first-order valence-electron chi connectivity index (χ1n) is 5.67. The van der Waals surface area contributed by atoms with Crippen LogP contribution in [0, 0.1) is 15.5 Å². The Morgan fingerprint density at radius 1 is 1.56 bits per heavy atom. The van der Waals surface area contributed by atoms with E-state index in [4.69, 9.17) is 5.11 Å². The molecule has 1 aliphatic carbocycles. The fourth-order valence-corrected chi connectivity index (χ4v) is 1.68. The zero-order chi connectivity index (χ0) is 13.3. The zero-order valence-corrected chi connectivity index (χ0v) is 9.97. The summed E-state index contributed by atoms with van der Waals surface area (Å²) in [4.78, 5) is 21.2. The van der Waals surface area contributed by atoms with E-state index in [-0.39, 0.29) is 16.7 Å². The summed E-state index contributed by atoms with van der Waals surface area (Å²) in [7, 11) is 0. The van der Waals surface area contributed by atoms with Crippen molar-refractivity contribution in [2.45, 2.75) is 19.8 Å². The average molecular weight is 250 g/mol. The van der Waals surface area contributed by atoms with Gasteiger partial charge in [-0.1, -0.05) is 6.92 Å². The second-order valence-electron chi connectivity index (χ2n) is 4.96. The van der Waals surface area contributed by atoms with Crippen molar-refractivity contribution in [1.29, 1.82) is 0 Å². The zero-order valence-electron chi connectivity index (χ0n) is 9.97. The number of hydrogen-bond acceptors (Lipinski definition) is 4. The molecular formula is C12H14N2O4. The Kier molecular flexibility index (Phi) is 2.94. The van der Waals surface area contributed by atoms with Gasteiger partial charge in [0, 0.05) is 18.7 Å². The molecule has 1 aromatic carbocycles. The quantitative estimate of drug-likeness (QED) is 0.618. The lowest BCUT2D eigenvalue weighted by atomic mass is 10.1. The number of nitro groups is 1. The van der Waals surface area contributed by atoms with Gasteiger partial charge in [-0.05, 0) is 24.3 Å². The Balaban J connectivity index is 2.25. The Hall–Kier alpha value is -2.11. The van der Waals surface area contributed by atoms with Crippen molar-refractivity contribution < 1.29 is 14.8 Å². The summed E-state index contributed by atoms with van der Waals surface area (Å²) < 4.78 is 0. The predicted octanol–water partition coefficient (Wildman–Crippen LogP) is 2.51. The second-order valence-corrected chi connectivity index (χ2v) is 4.96. The van der Waals surface area contributed by atoms with Gasteiger partial charge in [0.25, 0.3) is 5.69 Å². The topological polar surface area (TPSA) is 92.5 Å². The van der Waals surface area contributed by atoms with Gasteiger partial charge in [-0.3, -0.25) is 10.1 Å². The molecule has 0 unspecified atom stereocenters. The van der Waals surface area contributed by atoms with Crippen molar-refractivity contribution in [2.75, 3.05) is 11.9 Å². The number of nitrogens with one attached hydrogen (secondary N) is 1. The van der Waals surface area contributed by atoms with Crippen LogP contribution in [0.25, 0.3) is 0 Å². The summed E-state index contributed by atoms with van der Waals surface area (Å²) >= 11 is 0. The first-order chi connectivity index (χ1) is 8.41. The summed E-state index contributed by atoms with van der Waals surface area (Å²) in [5, 5.41) is 22.7. The van der Waals surface area contributed by atoms with E-state index < -0.39 is 10.9 Å². The lowest BCUT2D eigenvalue weighted by Crippen LogP contribution is -2.14. The molecule has 0 aliphatic heterocycles. The molecule has 0 spiro atoms. The number of nitro benzene ring substituents is 1. The van der Waals surface area contributed by atoms with Crippen LogP contribution >= 0.6 is 0 Å². The minimum Gasteiger partial charge on any atom is -0.478 e. The van der Waals surface area contributed by atoms with Crippen molar-refractivity contribution in [2.24, 2.45) is 5.41 Å². The number of non-ortho nitro benzene ring substituents is 1. The first-order valence-corrected chi connectivity index (χ1v) is 5.67. The smallest absolute Gasteiger partial charge is 0.337 e. The molecule has 6 heteroatoms. The molecule has 6 nitrogen and oxygen atoms in total. The van der Waals surface area contributed by atoms with E-state index >= 15 is 0 Å². The number of carboxylic acids is 1. The summed E-state index contributed by atoms with van der Waals surface area (Å²) in [5.74, 6) is -1.09. The van der Waals surface area contributed by atoms with E-state index in [1.165, 1.54) is 18.2 Å². The lowest BCUT2D eigenvalue weighted by molar-refractivity contribution is -0.384. The molecule has 1 saturated carbocycles. The van der Waals surface area contributed by atoms with Crippen molar-refractivity contribution in [3.63, 3.8) is 0 Å². The number of rotatable bonds is 5. The maximum Gasteiger partial charge on any atom is 0.337 e. The molecule has 0 amide bonds. The SMILES string of the molecule is CC1(CNc2cc([N+](=O)[O-])ccc2C(=O)O)CC1. The van der Waals surface area contributed by atoms with Crippen LogP contribution < -0.4 is 5.32 Å². The lowest BCUT2D eigenvalue weighted by Gasteiger charge is -2.13. The molecule has 0 atom stereocenters.